The minimum absolute atomic E-state index is 0. The molecule has 1 aliphatic carbocycles. The molecule has 0 spiro atoms. The van der Waals surface area contributed by atoms with E-state index in [1.807, 2.05) is 13.8 Å². The van der Waals surface area contributed by atoms with Gasteiger partial charge in [0.05, 0.1) is 6.04 Å². The second-order valence-corrected chi connectivity index (χ2v) is 4.57. The third-order valence-electron chi connectivity index (χ3n) is 2.15. The van der Waals surface area contributed by atoms with E-state index in [0.29, 0.717) is 12.5 Å². The zero-order valence-electron chi connectivity index (χ0n) is 9.16. The SMILES string of the molecule is CC(C)(N)CNC(=O)[C@H](N)C1CC1.Cl.Cl. The average molecular weight is 258 g/mol. The van der Waals surface area contributed by atoms with E-state index in [2.05, 4.69) is 5.32 Å². The van der Waals surface area contributed by atoms with Crippen LogP contribution < -0.4 is 16.8 Å². The standard InChI is InChI=1S/C9H19N3O.2ClH/c1-9(2,11)5-12-8(13)7(10)6-3-4-6;;/h6-7H,3-5,10-11H2,1-2H3,(H,12,13);2*1H/t7-;;/m1../s1. The van der Waals surface area contributed by atoms with Gasteiger partial charge in [-0.1, -0.05) is 0 Å². The Morgan fingerprint density at radius 1 is 1.47 bits per heavy atom. The van der Waals surface area contributed by atoms with Gasteiger partial charge in [-0.25, -0.2) is 0 Å². The number of nitrogens with one attached hydrogen (secondary N) is 1. The molecule has 1 fully saturated rings. The average Bonchev–Trinajstić information content (AvgIpc) is 2.79. The number of carbonyl (C=O) groups excluding carboxylic acids is 1. The van der Waals surface area contributed by atoms with Crippen molar-refractivity contribution in [3.05, 3.63) is 0 Å². The lowest BCUT2D eigenvalue weighted by atomic mass is 10.1. The van der Waals surface area contributed by atoms with Crippen LogP contribution in [-0.2, 0) is 4.79 Å². The van der Waals surface area contributed by atoms with Crippen LogP contribution >= 0.6 is 24.8 Å². The van der Waals surface area contributed by atoms with Crippen molar-refractivity contribution < 1.29 is 4.79 Å². The van der Waals surface area contributed by atoms with Crippen molar-refractivity contribution >= 4 is 30.7 Å². The van der Waals surface area contributed by atoms with Crippen LogP contribution in [-0.4, -0.2) is 24.0 Å². The highest BCUT2D eigenvalue weighted by Gasteiger charge is 2.33. The topological polar surface area (TPSA) is 81.1 Å². The summed E-state index contributed by atoms with van der Waals surface area (Å²) in [5.41, 5.74) is 11.1. The number of amides is 1. The lowest BCUT2D eigenvalue weighted by Gasteiger charge is -2.20. The van der Waals surface area contributed by atoms with Crippen LogP contribution in [0.15, 0.2) is 0 Å². The second kappa shape index (κ2) is 6.53. The predicted molar refractivity (Wildman–Crippen MR) is 66.5 cm³/mol. The first-order valence-corrected chi connectivity index (χ1v) is 4.72. The highest BCUT2D eigenvalue weighted by Crippen LogP contribution is 2.31. The van der Waals surface area contributed by atoms with Gasteiger partial charge in [0.15, 0.2) is 0 Å². The van der Waals surface area contributed by atoms with Gasteiger partial charge in [0.25, 0.3) is 0 Å². The lowest BCUT2D eigenvalue weighted by Crippen LogP contribution is -2.50. The molecule has 1 aliphatic rings. The van der Waals surface area contributed by atoms with Gasteiger partial charge in [-0.05, 0) is 32.6 Å². The Kier molecular flexibility index (Phi) is 7.56. The summed E-state index contributed by atoms with van der Waals surface area (Å²) < 4.78 is 0. The van der Waals surface area contributed by atoms with Gasteiger partial charge in [0.2, 0.25) is 5.91 Å². The molecule has 1 rings (SSSR count). The molecule has 92 valence electrons. The summed E-state index contributed by atoms with van der Waals surface area (Å²) >= 11 is 0. The monoisotopic (exact) mass is 257 g/mol. The van der Waals surface area contributed by atoms with E-state index in [-0.39, 0.29) is 42.3 Å². The maximum absolute atomic E-state index is 11.4. The Bertz CT molecular complexity index is 202. The molecule has 4 nitrogen and oxygen atoms in total. The summed E-state index contributed by atoms with van der Waals surface area (Å²) in [4.78, 5) is 11.4. The molecule has 0 bridgehead atoms. The van der Waals surface area contributed by atoms with Crippen LogP contribution in [0, 0.1) is 5.92 Å². The van der Waals surface area contributed by atoms with Crippen molar-refractivity contribution in [3.63, 3.8) is 0 Å². The summed E-state index contributed by atoms with van der Waals surface area (Å²) in [6, 6.07) is -0.331. The Balaban J connectivity index is 0. The number of carbonyl (C=O) groups is 1. The van der Waals surface area contributed by atoms with Crippen LogP contribution in [0.4, 0.5) is 0 Å². The van der Waals surface area contributed by atoms with Crippen LogP contribution in [0.1, 0.15) is 26.7 Å². The largest absolute Gasteiger partial charge is 0.353 e. The van der Waals surface area contributed by atoms with Gasteiger partial charge in [0, 0.05) is 12.1 Å². The Morgan fingerprint density at radius 2 is 1.93 bits per heavy atom. The molecule has 0 aromatic rings. The molecule has 1 saturated carbocycles. The molecule has 0 aliphatic heterocycles. The summed E-state index contributed by atoms with van der Waals surface area (Å²) in [6.45, 7) is 4.22. The van der Waals surface area contributed by atoms with Crippen molar-refractivity contribution in [2.75, 3.05) is 6.54 Å². The van der Waals surface area contributed by atoms with E-state index in [1.54, 1.807) is 0 Å². The van der Waals surface area contributed by atoms with E-state index in [9.17, 15) is 4.79 Å². The fourth-order valence-corrected chi connectivity index (χ4v) is 1.10. The molecular formula is C9H21Cl2N3O. The highest BCUT2D eigenvalue weighted by molar-refractivity contribution is 5.85. The highest BCUT2D eigenvalue weighted by atomic mass is 35.5. The summed E-state index contributed by atoms with van der Waals surface area (Å²) in [5, 5.41) is 2.75. The minimum atomic E-state index is -0.362. The number of rotatable bonds is 4. The van der Waals surface area contributed by atoms with Crippen LogP contribution in [0.5, 0.6) is 0 Å². The van der Waals surface area contributed by atoms with Gasteiger partial charge in [-0.3, -0.25) is 4.79 Å². The molecule has 5 N–H and O–H groups in total. The number of hydrogen-bond donors (Lipinski definition) is 3. The van der Waals surface area contributed by atoms with E-state index in [1.165, 1.54) is 0 Å². The van der Waals surface area contributed by atoms with Crippen molar-refractivity contribution in [3.8, 4) is 0 Å². The summed E-state index contributed by atoms with van der Waals surface area (Å²) in [7, 11) is 0. The lowest BCUT2D eigenvalue weighted by molar-refractivity contribution is -0.123. The molecule has 1 atom stereocenters. The molecule has 0 aromatic heterocycles. The number of halogens is 2. The van der Waals surface area contributed by atoms with Gasteiger partial charge < -0.3 is 16.8 Å². The molecule has 0 aromatic carbocycles. The van der Waals surface area contributed by atoms with Gasteiger partial charge in [0.1, 0.15) is 0 Å². The van der Waals surface area contributed by atoms with E-state index >= 15 is 0 Å². The van der Waals surface area contributed by atoms with Crippen molar-refractivity contribution in [1.29, 1.82) is 0 Å². The third kappa shape index (κ3) is 6.95. The molecule has 1 amide bonds. The first kappa shape index (κ1) is 17.4. The third-order valence-corrected chi connectivity index (χ3v) is 2.15. The normalized spacial score (nSPS) is 17.1. The summed E-state index contributed by atoms with van der Waals surface area (Å²) in [6.07, 6.45) is 2.17. The summed E-state index contributed by atoms with van der Waals surface area (Å²) in [5.74, 6) is 0.335. The zero-order valence-corrected chi connectivity index (χ0v) is 10.8. The maximum atomic E-state index is 11.4. The number of nitrogens with two attached hydrogens (primary N) is 2. The molecule has 0 unspecified atom stereocenters. The molecule has 15 heavy (non-hydrogen) atoms. The van der Waals surface area contributed by atoms with Crippen LogP contribution in [0.25, 0.3) is 0 Å². The quantitative estimate of drug-likeness (QED) is 0.683. The van der Waals surface area contributed by atoms with E-state index < -0.39 is 0 Å². The first-order valence-electron chi connectivity index (χ1n) is 4.72. The Morgan fingerprint density at radius 3 is 2.27 bits per heavy atom. The minimum Gasteiger partial charge on any atom is -0.353 e. The number of hydrogen-bond acceptors (Lipinski definition) is 3. The molecule has 0 heterocycles. The molecule has 0 radical (unpaired) electrons. The fraction of sp³-hybridized carbons (Fsp3) is 0.889. The van der Waals surface area contributed by atoms with Crippen molar-refractivity contribution in [1.82, 2.24) is 5.32 Å². The van der Waals surface area contributed by atoms with Gasteiger partial charge >= 0.3 is 0 Å². The second-order valence-electron chi connectivity index (χ2n) is 4.57. The Labute approximate surface area is 103 Å². The predicted octanol–water partition coefficient (Wildman–Crippen LogP) is 0.421. The maximum Gasteiger partial charge on any atom is 0.237 e. The molecular weight excluding hydrogens is 237 g/mol. The first-order chi connectivity index (χ1) is 5.90. The van der Waals surface area contributed by atoms with Crippen LogP contribution in [0.2, 0.25) is 0 Å². The van der Waals surface area contributed by atoms with Crippen molar-refractivity contribution in [2.45, 2.75) is 38.3 Å². The van der Waals surface area contributed by atoms with E-state index in [4.69, 9.17) is 11.5 Å². The Hall–Kier alpha value is -0.0300. The van der Waals surface area contributed by atoms with Gasteiger partial charge in [-0.2, -0.15) is 0 Å². The van der Waals surface area contributed by atoms with Crippen molar-refractivity contribution in [2.24, 2.45) is 17.4 Å². The van der Waals surface area contributed by atoms with E-state index in [0.717, 1.165) is 12.8 Å². The zero-order chi connectivity index (χ0) is 10.1. The van der Waals surface area contributed by atoms with Crippen LogP contribution in [0.3, 0.4) is 0 Å². The fourth-order valence-electron chi connectivity index (χ4n) is 1.10. The molecule has 6 heteroatoms. The molecule has 0 saturated heterocycles. The smallest absolute Gasteiger partial charge is 0.237 e. The van der Waals surface area contributed by atoms with Gasteiger partial charge in [-0.15, -0.1) is 24.8 Å².